The third kappa shape index (κ3) is 4.27. The fourth-order valence-electron chi connectivity index (χ4n) is 3.75. The highest BCUT2D eigenvalue weighted by Gasteiger charge is 2.23. The molecule has 0 aromatic carbocycles. The van der Waals surface area contributed by atoms with Crippen LogP contribution in [0.3, 0.4) is 0 Å². The predicted octanol–water partition coefficient (Wildman–Crippen LogP) is 4.11. The number of hydrogen-bond acceptors (Lipinski definition) is 5. The zero-order valence-corrected chi connectivity index (χ0v) is 17.8. The molecule has 0 saturated carbocycles. The van der Waals surface area contributed by atoms with Gasteiger partial charge in [-0.05, 0) is 62.8 Å². The summed E-state index contributed by atoms with van der Waals surface area (Å²) in [5.74, 6) is -0.482. The largest absolute Gasteiger partial charge is 0.383 e. The van der Waals surface area contributed by atoms with Crippen molar-refractivity contribution >= 4 is 28.3 Å². The molecule has 0 fully saturated rings. The molecule has 0 atom stereocenters. The smallest absolute Gasteiger partial charge is 0.266 e. The molecule has 0 unspecified atom stereocenters. The Hall–Kier alpha value is -2.87. The summed E-state index contributed by atoms with van der Waals surface area (Å²) >= 11 is 1.46. The molecule has 2 heterocycles. The van der Waals surface area contributed by atoms with E-state index in [0.717, 1.165) is 48.2 Å². The number of aryl methyl sites for hydroxylation is 2. The Bertz CT molecular complexity index is 1050. The van der Waals surface area contributed by atoms with Gasteiger partial charge in [-0.25, -0.2) is 0 Å². The molecule has 150 valence electrons. The first-order valence-electron chi connectivity index (χ1n) is 9.63. The number of carbonyl (C=O) groups is 1. The maximum absolute atomic E-state index is 12.8. The van der Waals surface area contributed by atoms with Gasteiger partial charge in [0.05, 0.1) is 12.2 Å². The molecule has 2 aromatic rings. The number of nitriles is 2. The van der Waals surface area contributed by atoms with E-state index in [-0.39, 0.29) is 5.57 Å². The maximum Gasteiger partial charge on any atom is 0.266 e. The minimum Gasteiger partial charge on any atom is -0.383 e. The first kappa shape index (κ1) is 20.9. The third-order valence-corrected chi connectivity index (χ3v) is 6.51. The number of aromatic nitrogens is 1. The standard InChI is InChI=1S/C22H24N4O2S/c1-14-10-16(15(2)26(14)8-9-28-3)11-17(12-23)21(27)25-22-19(13-24)18-6-4-5-7-20(18)29-22/h10-11H,4-9H2,1-3H3,(H,25,27)/b17-11+. The molecule has 0 aliphatic heterocycles. The van der Waals surface area contributed by atoms with Crippen molar-refractivity contribution in [2.45, 2.75) is 46.1 Å². The van der Waals surface area contributed by atoms with Crippen LogP contribution in [0, 0.1) is 36.5 Å². The van der Waals surface area contributed by atoms with Gasteiger partial charge in [-0.1, -0.05) is 0 Å². The summed E-state index contributed by atoms with van der Waals surface area (Å²) in [5.41, 5.74) is 4.48. The molecule has 1 amide bonds. The van der Waals surface area contributed by atoms with Gasteiger partial charge in [0.25, 0.3) is 5.91 Å². The normalized spacial score (nSPS) is 13.5. The van der Waals surface area contributed by atoms with Gasteiger partial charge < -0.3 is 14.6 Å². The second-order valence-electron chi connectivity index (χ2n) is 7.12. The Labute approximate surface area is 175 Å². The number of anilines is 1. The molecule has 2 aromatic heterocycles. The van der Waals surface area contributed by atoms with Crippen LogP contribution in [-0.4, -0.2) is 24.2 Å². The number of thiophene rings is 1. The fraction of sp³-hybridized carbons (Fsp3) is 0.409. The van der Waals surface area contributed by atoms with E-state index in [0.29, 0.717) is 23.7 Å². The first-order valence-corrected chi connectivity index (χ1v) is 10.4. The zero-order valence-electron chi connectivity index (χ0n) is 17.0. The number of rotatable bonds is 6. The number of ether oxygens (including phenoxy) is 1. The molecular formula is C22H24N4O2S. The van der Waals surface area contributed by atoms with Crippen molar-refractivity contribution in [3.63, 3.8) is 0 Å². The van der Waals surface area contributed by atoms with E-state index in [1.807, 2.05) is 26.0 Å². The van der Waals surface area contributed by atoms with Crippen molar-refractivity contribution < 1.29 is 9.53 Å². The molecule has 0 radical (unpaired) electrons. The summed E-state index contributed by atoms with van der Waals surface area (Å²) in [6, 6.07) is 6.20. The quantitative estimate of drug-likeness (QED) is 0.575. The van der Waals surface area contributed by atoms with E-state index < -0.39 is 5.91 Å². The second kappa shape index (κ2) is 9.09. The number of methoxy groups -OCH3 is 1. The Morgan fingerprint density at radius 1 is 1.34 bits per heavy atom. The van der Waals surface area contributed by atoms with Crippen LogP contribution in [-0.2, 0) is 28.9 Å². The van der Waals surface area contributed by atoms with Crippen molar-refractivity contribution in [3.8, 4) is 12.1 Å². The highest BCUT2D eigenvalue weighted by molar-refractivity contribution is 7.16. The number of nitrogens with zero attached hydrogens (tertiary/aromatic N) is 3. The maximum atomic E-state index is 12.8. The Kier molecular flexibility index (Phi) is 6.53. The third-order valence-electron chi connectivity index (χ3n) is 5.31. The molecule has 1 aliphatic rings. The summed E-state index contributed by atoms with van der Waals surface area (Å²) in [6.45, 7) is 5.25. The summed E-state index contributed by atoms with van der Waals surface area (Å²) in [4.78, 5) is 13.9. The van der Waals surface area contributed by atoms with Crippen molar-refractivity contribution in [2.24, 2.45) is 0 Å². The number of carbonyl (C=O) groups excluding carboxylic acids is 1. The summed E-state index contributed by atoms with van der Waals surface area (Å²) in [7, 11) is 1.66. The van der Waals surface area contributed by atoms with Crippen molar-refractivity contribution in [1.82, 2.24) is 4.57 Å². The van der Waals surface area contributed by atoms with Gasteiger partial charge in [0.2, 0.25) is 0 Å². The fourth-order valence-corrected chi connectivity index (χ4v) is 4.98. The lowest BCUT2D eigenvalue weighted by molar-refractivity contribution is -0.112. The van der Waals surface area contributed by atoms with Gasteiger partial charge >= 0.3 is 0 Å². The van der Waals surface area contributed by atoms with Crippen LogP contribution in [0.1, 0.15) is 45.8 Å². The molecule has 7 heteroatoms. The first-order chi connectivity index (χ1) is 14.0. The monoisotopic (exact) mass is 408 g/mol. The molecule has 6 nitrogen and oxygen atoms in total. The average Bonchev–Trinajstić information content (AvgIpc) is 3.20. The lowest BCUT2D eigenvalue weighted by Gasteiger charge is -2.09. The van der Waals surface area contributed by atoms with Crippen molar-refractivity contribution in [3.05, 3.63) is 44.6 Å². The molecule has 3 rings (SSSR count). The number of fused-ring (bicyclic) bond motifs is 1. The minimum absolute atomic E-state index is 0.0206. The Morgan fingerprint density at radius 3 is 2.79 bits per heavy atom. The topological polar surface area (TPSA) is 90.8 Å². The molecule has 29 heavy (non-hydrogen) atoms. The zero-order chi connectivity index (χ0) is 21.0. The number of amides is 1. The summed E-state index contributed by atoms with van der Waals surface area (Å²) in [5, 5.41) is 22.5. The highest BCUT2D eigenvalue weighted by Crippen LogP contribution is 2.37. The van der Waals surface area contributed by atoms with Crippen LogP contribution >= 0.6 is 11.3 Å². The number of nitrogens with one attached hydrogen (secondary N) is 1. The molecule has 0 spiro atoms. The van der Waals surface area contributed by atoms with E-state index in [4.69, 9.17) is 4.74 Å². The summed E-state index contributed by atoms with van der Waals surface area (Å²) < 4.78 is 7.25. The van der Waals surface area contributed by atoms with Crippen LogP contribution < -0.4 is 5.32 Å². The number of hydrogen-bond donors (Lipinski definition) is 1. The SMILES string of the molecule is COCCn1c(C)cc(/C=C(\C#N)C(=O)Nc2sc3c(c2C#N)CCCC3)c1C. The molecule has 0 saturated heterocycles. The molecular weight excluding hydrogens is 384 g/mol. The van der Waals surface area contributed by atoms with Crippen molar-refractivity contribution in [1.29, 1.82) is 10.5 Å². The van der Waals surface area contributed by atoms with Gasteiger partial charge in [0.15, 0.2) is 0 Å². The van der Waals surface area contributed by atoms with Gasteiger partial charge in [-0.2, -0.15) is 10.5 Å². The minimum atomic E-state index is -0.482. The lowest BCUT2D eigenvalue weighted by atomic mass is 9.96. The van der Waals surface area contributed by atoms with Crippen LogP contribution in [0.2, 0.25) is 0 Å². The van der Waals surface area contributed by atoms with E-state index in [2.05, 4.69) is 16.0 Å². The van der Waals surface area contributed by atoms with Crippen LogP contribution in [0.15, 0.2) is 11.6 Å². The molecule has 1 N–H and O–H groups in total. The summed E-state index contributed by atoms with van der Waals surface area (Å²) in [6.07, 6.45) is 5.60. The highest BCUT2D eigenvalue weighted by atomic mass is 32.1. The Balaban J connectivity index is 1.86. The van der Waals surface area contributed by atoms with Gasteiger partial charge in [-0.15, -0.1) is 11.3 Å². The van der Waals surface area contributed by atoms with Gasteiger partial charge in [0, 0.05) is 29.9 Å². The van der Waals surface area contributed by atoms with Crippen LogP contribution in [0.25, 0.3) is 6.08 Å². The second-order valence-corrected chi connectivity index (χ2v) is 8.23. The van der Waals surface area contributed by atoms with E-state index in [1.165, 1.54) is 16.2 Å². The van der Waals surface area contributed by atoms with Crippen LogP contribution in [0.4, 0.5) is 5.00 Å². The van der Waals surface area contributed by atoms with Gasteiger partial charge in [-0.3, -0.25) is 4.79 Å². The molecule has 1 aliphatic carbocycles. The van der Waals surface area contributed by atoms with Crippen LogP contribution in [0.5, 0.6) is 0 Å². The Morgan fingerprint density at radius 2 is 2.10 bits per heavy atom. The average molecular weight is 409 g/mol. The lowest BCUT2D eigenvalue weighted by Crippen LogP contribution is -2.13. The van der Waals surface area contributed by atoms with E-state index >= 15 is 0 Å². The van der Waals surface area contributed by atoms with E-state index in [9.17, 15) is 15.3 Å². The van der Waals surface area contributed by atoms with Crippen molar-refractivity contribution in [2.75, 3.05) is 19.0 Å². The van der Waals surface area contributed by atoms with E-state index in [1.54, 1.807) is 13.2 Å². The predicted molar refractivity (Wildman–Crippen MR) is 114 cm³/mol. The van der Waals surface area contributed by atoms with Gasteiger partial charge in [0.1, 0.15) is 22.7 Å². The molecule has 0 bridgehead atoms.